The number of aliphatic hydroxyl groups excluding tert-OH is 1. The first-order chi connectivity index (χ1) is 9.21. The zero-order valence-corrected chi connectivity index (χ0v) is 11.4. The average molecular weight is 267 g/mol. The molecule has 0 saturated carbocycles. The second-order valence-electron chi connectivity index (χ2n) is 4.05. The van der Waals surface area contributed by atoms with Gasteiger partial charge in [-0.25, -0.2) is 0 Å². The summed E-state index contributed by atoms with van der Waals surface area (Å²) in [5.74, 6) is 0.660. The molecule has 0 spiro atoms. The van der Waals surface area contributed by atoms with Gasteiger partial charge in [0, 0.05) is 6.61 Å². The summed E-state index contributed by atoms with van der Waals surface area (Å²) in [4.78, 5) is 0. The Morgan fingerprint density at radius 3 is 2.42 bits per heavy atom. The van der Waals surface area contributed by atoms with E-state index in [2.05, 4.69) is 5.16 Å². The third-order valence-electron chi connectivity index (χ3n) is 2.60. The minimum absolute atomic E-state index is 0.189. The lowest BCUT2D eigenvalue weighted by Crippen LogP contribution is -2.23. The summed E-state index contributed by atoms with van der Waals surface area (Å²) < 4.78 is 10.5. The van der Waals surface area contributed by atoms with Crippen molar-refractivity contribution in [2.75, 3.05) is 19.8 Å². The Balaban J connectivity index is 2.48. The van der Waals surface area contributed by atoms with Gasteiger partial charge in [0.1, 0.15) is 18.5 Å². The minimum Gasteiger partial charge on any atom is -0.491 e. The van der Waals surface area contributed by atoms with E-state index in [1.165, 1.54) is 0 Å². The normalized spacial score (nSPS) is 13.3. The van der Waals surface area contributed by atoms with Gasteiger partial charge in [0.2, 0.25) is 0 Å². The van der Waals surface area contributed by atoms with Gasteiger partial charge in [-0.3, -0.25) is 0 Å². The molecule has 5 heteroatoms. The Kier molecular flexibility index (Phi) is 6.92. The number of hydrogen-bond donors (Lipinski definition) is 2. The summed E-state index contributed by atoms with van der Waals surface area (Å²) in [6, 6.07) is 7.21. The number of hydrogen-bond acceptors (Lipinski definition) is 5. The summed E-state index contributed by atoms with van der Waals surface area (Å²) in [7, 11) is 0. The molecule has 1 aromatic rings. The van der Waals surface area contributed by atoms with Crippen molar-refractivity contribution in [1.82, 2.24) is 0 Å². The fraction of sp³-hybridized carbons (Fsp3) is 0.500. The zero-order chi connectivity index (χ0) is 14.1. The first kappa shape index (κ1) is 15.5. The average Bonchev–Trinajstić information content (AvgIpc) is 2.45. The summed E-state index contributed by atoms with van der Waals surface area (Å²) in [5, 5.41) is 21.6. The molecular weight excluding hydrogens is 246 g/mol. The predicted molar refractivity (Wildman–Crippen MR) is 73.1 cm³/mol. The van der Waals surface area contributed by atoms with E-state index < -0.39 is 6.10 Å². The van der Waals surface area contributed by atoms with Crippen molar-refractivity contribution in [1.29, 1.82) is 0 Å². The highest BCUT2D eigenvalue weighted by Crippen LogP contribution is 2.14. The van der Waals surface area contributed by atoms with Crippen molar-refractivity contribution in [3.05, 3.63) is 29.8 Å². The maximum Gasteiger partial charge on any atom is 0.119 e. The molecule has 0 saturated heterocycles. The van der Waals surface area contributed by atoms with Crippen molar-refractivity contribution in [2.45, 2.75) is 26.4 Å². The predicted octanol–water partition coefficient (Wildman–Crippen LogP) is 2.05. The Morgan fingerprint density at radius 1 is 1.21 bits per heavy atom. The maximum atomic E-state index is 9.56. The van der Waals surface area contributed by atoms with E-state index >= 15 is 0 Å². The van der Waals surface area contributed by atoms with Gasteiger partial charge in [-0.1, -0.05) is 12.1 Å². The molecule has 0 radical (unpaired) electrons. The van der Waals surface area contributed by atoms with Crippen LogP contribution in [0.4, 0.5) is 0 Å². The molecule has 2 N–H and O–H groups in total. The second kappa shape index (κ2) is 8.50. The van der Waals surface area contributed by atoms with Gasteiger partial charge in [-0.05, 0) is 43.2 Å². The molecule has 1 unspecified atom stereocenters. The van der Waals surface area contributed by atoms with Crippen LogP contribution in [0, 0.1) is 0 Å². The maximum absolute atomic E-state index is 9.56. The second-order valence-corrected chi connectivity index (χ2v) is 4.05. The molecule has 1 atom stereocenters. The molecule has 0 aliphatic rings. The first-order valence-electron chi connectivity index (χ1n) is 6.41. The molecule has 0 amide bonds. The van der Waals surface area contributed by atoms with Gasteiger partial charge in [0.15, 0.2) is 0 Å². The van der Waals surface area contributed by atoms with Crippen LogP contribution in [-0.4, -0.2) is 42.0 Å². The van der Waals surface area contributed by atoms with Gasteiger partial charge in [0.25, 0.3) is 0 Å². The topological polar surface area (TPSA) is 71.3 Å². The van der Waals surface area contributed by atoms with Crippen LogP contribution in [0.25, 0.3) is 0 Å². The van der Waals surface area contributed by atoms with Crippen LogP contribution in [0.2, 0.25) is 0 Å². The zero-order valence-electron chi connectivity index (χ0n) is 11.4. The quantitative estimate of drug-likeness (QED) is 0.429. The van der Waals surface area contributed by atoms with Crippen LogP contribution in [0.1, 0.15) is 25.8 Å². The number of aliphatic hydroxyl groups is 1. The smallest absolute Gasteiger partial charge is 0.119 e. The molecule has 0 aliphatic heterocycles. The summed E-state index contributed by atoms with van der Waals surface area (Å²) in [6.07, 6.45) is 0.0221. The van der Waals surface area contributed by atoms with E-state index in [0.29, 0.717) is 24.5 Å². The first-order valence-corrected chi connectivity index (χ1v) is 6.41. The molecule has 106 valence electrons. The fourth-order valence-electron chi connectivity index (χ4n) is 1.57. The van der Waals surface area contributed by atoms with Crippen molar-refractivity contribution in [3.8, 4) is 5.75 Å². The fourth-order valence-corrected chi connectivity index (χ4v) is 1.57. The highest BCUT2D eigenvalue weighted by atomic mass is 16.5. The number of oxime groups is 1. The summed E-state index contributed by atoms with van der Waals surface area (Å²) in [5.41, 5.74) is 1.48. The minimum atomic E-state index is -0.634. The molecule has 1 rings (SSSR count). The highest BCUT2D eigenvalue weighted by molar-refractivity contribution is 6.00. The van der Waals surface area contributed by atoms with E-state index in [1.54, 1.807) is 12.1 Å². The molecule has 0 bridgehead atoms. The molecule has 0 heterocycles. The molecule has 0 fully saturated rings. The lowest BCUT2D eigenvalue weighted by molar-refractivity contribution is 0.0164. The Hall–Kier alpha value is -1.59. The molecule has 1 aromatic carbocycles. The van der Waals surface area contributed by atoms with E-state index in [-0.39, 0.29) is 13.2 Å². The lowest BCUT2D eigenvalue weighted by atomic mass is 10.1. The lowest BCUT2D eigenvalue weighted by Gasteiger charge is -2.12. The van der Waals surface area contributed by atoms with Crippen LogP contribution < -0.4 is 4.74 Å². The van der Waals surface area contributed by atoms with Crippen LogP contribution in [-0.2, 0) is 4.74 Å². The van der Waals surface area contributed by atoms with Crippen molar-refractivity contribution >= 4 is 5.71 Å². The van der Waals surface area contributed by atoms with Gasteiger partial charge in [0.05, 0.1) is 12.3 Å². The van der Waals surface area contributed by atoms with Crippen LogP contribution >= 0.6 is 0 Å². The van der Waals surface area contributed by atoms with Gasteiger partial charge < -0.3 is 19.8 Å². The van der Waals surface area contributed by atoms with Crippen LogP contribution in [0.3, 0.4) is 0 Å². The summed E-state index contributed by atoms with van der Waals surface area (Å²) >= 11 is 0. The van der Waals surface area contributed by atoms with E-state index in [1.807, 2.05) is 26.0 Å². The van der Waals surface area contributed by atoms with E-state index in [4.69, 9.17) is 14.7 Å². The Morgan fingerprint density at radius 2 is 1.89 bits per heavy atom. The number of benzene rings is 1. The molecule has 0 aliphatic carbocycles. The van der Waals surface area contributed by atoms with Gasteiger partial charge >= 0.3 is 0 Å². The number of rotatable bonds is 8. The van der Waals surface area contributed by atoms with E-state index in [0.717, 1.165) is 5.56 Å². The van der Waals surface area contributed by atoms with Gasteiger partial charge in [-0.15, -0.1) is 0 Å². The third kappa shape index (κ3) is 5.28. The Bertz CT molecular complexity index is 389. The molecule has 0 aromatic heterocycles. The Labute approximate surface area is 113 Å². The monoisotopic (exact) mass is 267 g/mol. The highest BCUT2D eigenvalue weighted by Gasteiger charge is 2.06. The third-order valence-corrected chi connectivity index (χ3v) is 2.60. The van der Waals surface area contributed by atoms with Crippen molar-refractivity contribution in [2.24, 2.45) is 5.16 Å². The molecule has 5 nitrogen and oxygen atoms in total. The number of nitrogens with zero attached hydrogens (tertiary/aromatic N) is 1. The van der Waals surface area contributed by atoms with Crippen molar-refractivity contribution in [3.63, 3.8) is 0 Å². The van der Waals surface area contributed by atoms with Crippen molar-refractivity contribution < 1.29 is 19.8 Å². The van der Waals surface area contributed by atoms with Crippen LogP contribution in [0.5, 0.6) is 5.75 Å². The van der Waals surface area contributed by atoms with Crippen LogP contribution in [0.15, 0.2) is 29.4 Å². The van der Waals surface area contributed by atoms with Gasteiger partial charge in [-0.2, -0.15) is 0 Å². The SMILES string of the molecule is CCOCC(O)COc1ccc(C(CC)=NO)cc1. The molecular formula is C14H21NO4. The standard InChI is InChI=1S/C14H21NO4/c1-3-14(15-17)11-5-7-13(8-6-11)19-10-12(16)9-18-4-2/h5-8,12,16-17H,3-4,9-10H2,1-2H3. The number of ether oxygens (including phenoxy) is 2. The van der Waals surface area contributed by atoms with E-state index in [9.17, 15) is 5.11 Å². The largest absolute Gasteiger partial charge is 0.491 e. The molecule has 19 heavy (non-hydrogen) atoms. The summed E-state index contributed by atoms with van der Waals surface area (Å²) in [6.45, 7) is 4.83.